The number of hydrogen-bond donors (Lipinski definition) is 2. The highest BCUT2D eigenvalue weighted by molar-refractivity contribution is 6.06. The molecule has 2 heterocycles. The molecule has 1 aliphatic carbocycles. The predicted molar refractivity (Wildman–Crippen MR) is 113 cm³/mol. The van der Waals surface area contributed by atoms with Crippen LogP contribution in [0.3, 0.4) is 0 Å². The van der Waals surface area contributed by atoms with Crippen molar-refractivity contribution in [3.8, 4) is 0 Å². The van der Waals surface area contributed by atoms with E-state index >= 15 is 0 Å². The van der Waals surface area contributed by atoms with Gasteiger partial charge in [0.1, 0.15) is 12.1 Å². The fourth-order valence-electron chi connectivity index (χ4n) is 4.33. The molecule has 29 heavy (non-hydrogen) atoms. The molecule has 2 aromatic carbocycles. The van der Waals surface area contributed by atoms with Crippen LogP contribution in [-0.4, -0.2) is 20.7 Å². The fraction of sp³-hybridized carbons (Fsp3) is 0.261. The Kier molecular flexibility index (Phi) is 4.19. The molecule has 0 saturated heterocycles. The van der Waals surface area contributed by atoms with Crippen molar-refractivity contribution in [3.63, 3.8) is 0 Å². The Labute approximate surface area is 167 Å². The van der Waals surface area contributed by atoms with Crippen molar-refractivity contribution >= 4 is 27.7 Å². The number of amides is 1. The number of aromatic amines is 1. The Morgan fingerprint density at radius 1 is 1.24 bits per heavy atom. The second kappa shape index (κ2) is 6.88. The van der Waals surface area contributed by atoms with Gasteiger partial charge in [-0.3, -0.25) is 9.59 Å². The molecule has 0 bridgehead atoms. The maximum absolute atomic E-state index is 12.9. The zero-order chi connectivity index (χ0) is 20.0. The number of carbonyl (C=O) groups excluding carboxylic acids is 1. The van der Waals surface area contributed by atoms with Crippen LogP contribution < -0.4 is 10.9 Å². The van der Waals surface area contributed by atoms with E-state index in [1.54, 1.807) is 6.20 Å². The van der Waals surface area contributed by atoms with Crippen LogP contribution >= 0.6 is 0 Å². The molecule has 0 spiro atoms. The normalized spacial score (nSPS) is 16.1. The maximum Gasteiger partial charge on any atom is 0.291 e. The summed E-state index contributed by atoms with van der Waals surface area (Å²) in [4.78, 5) is 28.7. The second-order valence-electron chi connectivity index (χ2n) is 7.78. The molecule has 4 aromatic rings. The number of benzene rings is 2. The van der Waals surface area contributed by atoms with Crippen molar-refractivity contribution in [2.24, 2.45) is 0 Å². The van der Waals surface area contributed by atoms with Crippen LogP contribution in [0.25, 0.3) is 21.8 Å². The smallest absolute Gasteiger partial charge is 0.291 e. The van der Waals surface area contributed by atoms with E-state index < -0.39 is 0 Å². The lowest BCUT2D eigenvalue weighted by atomic mass is 9.88. The van der Waals surface area contributed by atoms with E-state index in [1.165, 1.54) is 15.8 Å². The molecule has 0 radical (unpaired) electrons. The first-order valence-corrected chi connectivity index (χ1v) is 9.95. The minimum atomic E-state index is -0.282. The van der Waals surface area contributed by atoms with Gasteiger partial charge in [0.05, 0.1) is 12.2 Å². The summed E-state index contributed by atoms with van der Waals surface area (Å²) in [5.41, 5.74) is 4.68. The summed E-state index contributed by atoms with van der Waals surface area (Å²) in [6.07, 6.45) is 4.66. The van der Waals surface area contributed by atoms with Gasteiger partial charge >= 0.3 is 0 Å². The van der Waals surface area contributed by atoms with Gasteiger partial charge in [0.15, 0.2) is 0 Å². The van der Waals surface area contributed by atoms with Gasteiger partial charge in [-0.05, 0) is 49.4 Å². The van der Waals surface area contributed by atoms with Crippen molar-refractivity contribution in [2.75, 3.05) is 0 Å². The van der Waals surface area contributed by atoms with Gasteiger partial charge in [0, 0.05) is 16.3 Å². The van der Waals surface area contributed by atoms with Gasteiger partial charge in [-0.25, -0.2) is 4.68 Å². The Balaban J connectivity index is 1.42. The van der Waals surface area contributed by atoms with Gasteiger partial charge in [0.2, 0.25) is 5.91 Å². The van der Waals surface area contributed by atoms with Crippen LogP contribution in [0.15, 0.2) is 53.5 Å². The lowest BCUT2D eigenvalue weighted by Crippen LogP contribution is -2.36. The number of carbonyl (C=O) groups is 1. The molecule has 2 aromatic heterocycles. The maximum atomic E-state index is 12.9. The topological polar surface area (TPSA) is 79.8 Å². The summed E-state index contributed by atoms with van der Waals surface area (Å²) >= 11 is 0. The third kappa shape index (κ3) is 3.10. The first-order valence-electron chi connectivity index (χ1n) is 9.95. The largest absolute Gasteiger partial charge is 0.350 e. The number of H-pyrrole nitrogens is 1. The van der Waals surface area contributed by atoms with Crippen molar-refractivity contribution < 1.29 is 4.79 Å². The fourth-order valence-corrected chi connectivity index (χ4v) is 4.33. The van der Waals surface area contributed by atoms with Crippen LogP contribution in [0.1, 0.15) is 35.6 Å². The van der Waals surface area contributed by atoms with Gasteiger partial charge < -0.3 is 10.3 Å². The highest BCUT2D eigenvalue weighted by Crippen LogP contribution is 2.29. The molecule has 0 fully saturated rings. The van der Waals surface area contributed by atoms with Crippen LogP contribution in [0.4, 0.5) is 0 Å². The third-order valence-electron chi connectivity index (χ3n) is 5.77. The lowest BCUT2D eigenvalue weighted by Gasteiger charge is -2.26. The van der Waals surface area contributed by atoms with Crippen LogP contribution in [0, 0.1) is 6.92 Å². The van der Waals surface area contributed by atoms with Crippen LogP contribution in [0.5, 0.6) is 0 Å². The highest BCUT2D eigenvalue weighted by atomic mass is 16.2. The summed E-state index contributed by atoms with van der Waals surface area (Å²) < 4.78 is 1.23. The van der Waals surface area contributed by atoms with Crippen LogP contribution in [0.2, 0.25) is 0 Å². The Hall–Kier alpha value is -3.41. The molecule has 1 atom stereocenters. The number of nitrogens with zero attached hydrogens (tertiary/aromatic N) is 2. The van der Waals surface area contributed by atoms with E-state index in [9.17, 15) is 9.59 Å². The van der Waals surface area contributed by atoms with Gasteiger partial charge in [-0.1, -0.05) is 35.9 Å². The molecule has 0 aliphatic heterocycles. The summed E-state index contributed by atoms with van der Waals surface area (Å²) in [7, 11) is 0. The SMILES string of the molecule is Cc1ccc2[nH]c3c(=O)n(CC(=O)NC4CCCc5ccccc54)ncc3c2c1. The number of nitrogens with one attached hydrogen (secondary N) is 2. The summed E-state index contributed by atoms with van der Waals surface area (Å²) in [6.45, 7) is 1.92. The average molecular weight is 386 g/mol. The molecule has 6 nitrogen and oxygen atoms in total. The van der Waals surface area contributed by atoms with E-state index in [1.807, 2.05) is 37.3 Å². The number of aromatic nitrogens is 3. The van der Waals surface area contributed by atoms with Crippen molar-refractivity contribution in [1.29, 1.82) is 0 Å². The Morgan fingerprint density at radius 3 is 3.00 bits per heavy atom. The van der Waals surface area contributed by atoms with Crippen LogP contribution in [-0.2, 0) is 17.8 Å². The molecule has 0 saturated carbocycles. The first-order chi connectivity index (χ1) is 14.1. The Morgan fingerprint density at radius 2 is 2.10 bits per heavy atom. The highest BCUT2D eigenvalue weighted by Gasteiger charge is 2.22. The minimum Gasteiger partial charge on any atom is -0.350 e. The zero-order valence-corrected chi connectivity index (χ0v) is 16.2. The molecule has 6 heteroatoms. The van der Waals surface area contributed by atoms with Gasteiger partial charge in [-0.2, -0.15) is 5.10 Å². The first kappa shape index (κ1) is 17.7. The molecule has 1 unspecified atom stereocenters. The zero-order valence-electron chi connectivity index (χ0n) is 16.2. The van der Waals surface area contributed by atoms with E-state index in [0.29, 0.717) is 5.52 Å². The van der Waals surface area contributed by atoms with E-state index in [-0.39, 0.29) is 24.1 Å². The molecule has 1 aliphatic rings. The standard InChI is InChI=1S/C23H22N4O2/c1-14-9-10-20-17(11-14)18-12-24-27(23(29)22(18)26-20)13-21(28)25-19-8-4-6-15-5-2-3-7-16(15)19/h2-3,5,7,9-12,19,26H,4,6,8,13H2,1H3,(H,25,28). The Bertz CT molecular complexity index is 1300. The molecule has 5 rings (SSSR count). The predicted octanol–water partition coefficient (Wildman–Crippen LogP) is 3.38. The van der Waals surface area contributed by atoms with Crippen molar-refractivity contribution in [2.45, 2.75) is 38.8 Å². The third-order valence-corrected chi connectivity index (χ3v) is 5.77. The molecular formula is C23H22N4O2. The van der Waals surface area contributed by atoms with E-state index in [2.05, 4.69) is 27.5 Å². The summed E-state index contributed by atoms with van der Waals surface area (Å²) in [5.74, 6) is -0.201. The van der Waals surface area contributed by atoms with Crippen molar-refractivity contribution in [3.05, 3.63) is 75.7 Å². The number of rotatable bonds is 3. The van der Waals surface area contributed by atoms with Gasteiger partial charge in [-0.15, -0.1) is 0 Å². The lowest BCUT2D eigenvalue weighted by molar-refractivity contribution is -0.122. The van der Waals surface area contributed by atoms with Gasteiger partial charge in [0.25, 0.3) is 5.56 Å². The monoisotopic (exact) mass is 386 g/mol. The van der Waals surface area contributed by atoms with E-state index in [4.69, 9.17) is 0 Å². The minimum absolute atomic E-state index is 0.0112. The summed E-state index contributed by atoms with van der Waals surface area (Å²) in [6, 6.07) is 14.2. The molecule has 146 valence electrons. The molecular weight excluding hydrogens is 364 g/mol. The molecule has 1 amide bonds. The van der Waals surface area contributed by atoms with Crippen molar-refractivity contribution in [1.82, 2.24) is 20.1 Å². The average Bonchev–Trinajstić information content (AvgIpc) is 3.09. The number of hydrogen-bond acceptors (Lipinski definition) is 3. The number of aryl methyl sites for hydroxylation is 2. The van der Waals surface area contributed by atoms with E-state index in [0.717, 1.165) is 41.1 Å². The summed E-state index contributed by atoms with van der Waals surface area (Å²) in [5, 5.41) is 9.10. The number of fused-ring (bicyclic) bond motifs is 4. The quantitative estimate of drug-likeness (QED) is 0.566. The molecule has 2 N–H and O–H groups in total. The second-order valence-corrected chi connectivity index (χ2v) is 7.78.